The van der Waals surface area contributed by atoms with Crippen molar-refractivity contribution in [1.29, 1.82) is 0 Å². The number of aryl methyl sites for hydroxylation is 2. The van der Waals surface area contributed by atoms with Crippen LogP contribution in [-0.4, -0.2) is 66.1 Å². The molecule has 0 saturated heterocycles. The molecule has 6 aromatic rings. The third-order valence-electron chi connectivity index (χ3n) is 13.9. The van der Waals surface area contributed by atoms with E-state index in [4.69, 9.17) is 21.4 Å². The van der Waals surface area contributed by atoms with Gasteiger partial charge in [-0.1, -0.05) is 92.9 Å². The molecular weight excluding hydrogens is 842 g/mol. The van der Waals surface area contributed by atoms with Gasteiger partial charge in [0.05, 0.1) is 0 Å². The van der Waals surface area contributed by atoms with Gasteiger partial charge in [0.25, 0.3) is 0 Å². The Bertz CT molecular complexity index is 2980. The van der Waals surface area contributed by atoms with Crippen LogP contribution in [-0.2, 0) is 17.6 Å². The molecule has 0 spiro atoms. The maximum atomic E-state index is 10.6. The molecular formula is C52H58F3N4O3Si2+. The van der Waals surface area contributed by atoms with Crippen molar-refractivity contribution in [3.8, 4) is 0 Å². The summed E-state index contributed by atoms with van der Waals surface area (Å²) in [6, 6.07) is 40.9. The first-order valence-electron chi connectivity index (χ1n) is 21.6. The fourth-order valence-electron chi connectivity index (χ4n) is 10.4. The molecule has 7 N–H and O–H groups in total. The first-order valence-corrected chi connectivity index (χ1v) is 27.6. The third kappa shape index (κ3) is 7.96. The van der Waals surface area contributed by atoms with E-state index in [-0.39, 0.29) is 5.48 Å². The van der Waals surface area contributed by atoms with Crippen molar-refractivity contribution in [3.05, 3.63) is 170 Å². The average molecular weight is 900 g/mol. The molecule has 0 fully saturated rings. The molecule has 12 heteroatoms. The van der Waals surface area contributed by atoms with Crippen LogP contribution < -0.4 is 52.3 Å². The van der Waals surface area contributed by atoms with E-state index in [1.807, 2.05) is 0 Å². The molecule has 7 nitrogen and oxygen atoms in total. The second-order valence-electron chi connectivity index (χ2n) is 18.6. The summed E-state index contributed by atoms with van der Waals surface area (Å²) in [6.07, 6.45) is -2.80. The van der Waals surface area contributed by atoms with Crippen molar-refractivity contribution in [3.63, 3.8) is 0 Å². The van der Waals surface area contributed by atoms with Gasteiger partial charge in [-0.2, -0.15) is 13.2 Å². The van der Waals surface area contributed by atoms with Crippen molar-refractivity contribution in [2.24, 2.45) is 0 Å². The van der Waals surface area contributed by atoms with E-state index in [0.29, 0.717) is 5.92 Å². The Labute approximate surface area is 375 Å². The fraction of sp³-hybridized carbons (Fsp3) is 0.269. The predicted octanol–water partition coefficient (Wildman–Crippen LogP) is 5.33. The quantitative estimate of drug-likeness (QED) is 0.123. The molecule has 6 aromatic carbocycles. The lowest BCUT2D eigenvalue weighted by molar-refractivity contribution is -0.192. The molecule has 0 bridgehead atoms. The van der Waals surface area contributed by atoms with E-state index >= 15 is 0 Å². The highest BCUT2D eigenvalue weighted by Gasteiger charge is 2.42. The SMILES string of the molecule is Cc1ccccc1C1=c2cc3c(cc2[Si](C)(C)c2cc(N)ccc21)=[N+](C)CC3.Cc1ccccc1C1c2ccc(N)cc2[Si](C)(C)c2cc3c(cc21)CCN3C.O.O=C(O)C(F)(F)F. The van der Waals surface area contributed by atoms with Crippen molar-refractivity contribution >= 4 is 65.5 Å². The van der Waals surface area contributed by atoms with Crippen LogP contribution in [0.15, 0.2) is 109 Å². The number of benzene rings is 6. The molecule has 0 aliphatic carbocycles. The second-order valence-corrected chi connectivity index (χ2v) is 27.3. The number of nitrogens with zero attached hydrogens (tertiary/aromatic N) is 2. The topological polar surface area (TPSA) is 127 Å². The summed E-state index contributed by atoms with van der Waals surface area (Å²) in [6.45, 7) is 16.6. The number of likely N-dealkylation sites (N-methyl/N-ethyl adjacent to an activating group) is 2. The van der Waals surface area contributed by atoms with Crippen molar-refractivity contribution in [2.75, 3.05) is 43.6 Å². The maximum Gasteiger partial charge on any atom is 0.490 e. The number of nitrogens with two attached hydrogens (primary N) is 2. The lowest BCUT2D eigenvalue weighted by Gasteiger charge is -2.40. The summed E-state index contributed by atoms with van der Waals surface area (Å²) in [5.74, 6) is -2.46. The van der Waals surface area contributed by atoms with Crippen molar-refractivity contribution < 1.29 is 28.5 Å². The van der Waals surface area contributed by atoms with Gasteiger partial charge in [-0.25, -0.2) is 9.37 Å². The smallest absolute Gasteiger partial charge is 0.475 e. The van der Waals surface area contributed by atoms with Crippen LogP contribution in [0.1, 0.15) is 56.0 Å². The summed E-state index contributed by atoms with van der Waals surface area (Å²) in [4.78, 5) is 11.3. The molecule has 0 aromatic heterocycles. The Balaban J connectivity index is 0.000000165. The minimum atomic E-state index is -5.08. The molecule has 0 saturated carbocycles. The fourth-order valence-corrected chi connectivity index (χ4v) is 16.6. The molecule has 332 valence electrons. The standard InChI is InChI=1S/C25H28N2Si.C25H26N2Si.C2HF3O2.H2O/c2*1-16-7-5-6-8-19(16)25-20-10-9-18(26)14-23(20)28(3,4)24-15-22-17(13-21(24)25)11-12-27(22)2;3-2(4,5)1(6)7;/h5-10,13-15,25H,11-12,26H2,1-4H3;5-10,13-15,26H,11-12H2,1-4H3;(H,6,7);1H2/p+1. The zero-order chi connectivity index (χ0) is 45.3. The van der Waals surface area contributed by atoms with E-state index < -0.39 is 28.3 Å². The number of nitrogen functional groups attached to an aromatic ring is 2. The number of alkyl halides is 3. The number of hydrogen-bond acceptors (Lipinski definition) is 4. The first kappa shape index (κ1) is 46.0. The summed E-state index contributed by atoms with van der Waals surface area (Å²) < 4.78 is 34.1. The number of fused-ring (bicyclic) bond motifs is 6. The Morgan fingerprint density at radius 3 is 1.95 bits per heavy atom. The van der Waals surface area contributed by atoms with Gasteiger partial charge in [0.2, 0.25) is 5.36 Å². The van der Waals surface area contributed by atoms with Crippen LogP contribution in [0, 0.1) is 13.8 Å². The monoisotopic (exact) mass is 899 g/mol. The van der Waals surface area contributed by atoms with Gasteiger partial charge in [0.15, 0.2) is 0 Å². The van der Waals surface area contributed by atoms with Crippen LogP contribution in [0.4, 0.5) is 30.2 Å². The van der Waals surface area contributed by atoms with Gasteiger partial charge in [0, 0.05) is 54.6 Å². The van der Waals surface area contributed by atoms with Gasteiger partial charge < -0.3 is 26.9 Å². The van der Waals surface area contributed by atoms with Crippen molar-refractivity contribution in [1.82, 2.24) is 4.58 Å². The number of carbonyl (C=O) groups is 1. The molecule has 0 amide bonds. The van der Waals surface area contributed by atoms with Gasteiger partial charge in [-0.15, -0.1) is 0 Å². The van der Waals surface area contributed by atoms with Crippen molar-refractivity contribution in [2.45, 2.75) is 65.0 Å². The third-order valence-corrected chi connectivity index (χ3v) is 20.9. The molecule has 1 atom stereocenters. The van der Waals surface area contributed by atoms with E-state index in [2.05, 4.69) is 173 Å². The number of carboxylic acid groups (broad SMARTS) is 1. The van der Waals surface area contributed by atoms with Gasteiger partial charge in [0.1, 0.15) is 29.7 Å². The lowest BCUT2D eigenvalue weighted by Crippen LogP contribution is -2.63. The summed E-state index contributed by atoms with van der Waals surface area (Å²) in [5.41, 5.74) is 29.9. The second kappa shape index (κ2) is 16.9. The average Bonchev–Trinajstić information content (AvgIpc) is 3.79. The zero-order valence-corrected chi connectivity index (χ0v) is 39.8. The molecule has 64 heavy (non-hydrogen) atoms. The zero-order valence-electron chi connectivity index (χ0n) is 37.8. The van der Waals surface area contributed by atoms with Gasteiger partial charge >= 0.3 is 12.1 Å². The lowest BCUT2D eigenvalue weighted by atomic mass is 9.81. The van der Waals surface area contributed by atoms with Gasteiger partial charge in [-0.05, 0) is 133 Å². The highest BCUT2D eigenvalue weighted by molar-refractivity contribution is 7.02. The normalized spacial score (nSPS) is 16.9. The van der Waals surface area contributed by atoms with E-state index in [9.17, 15) is 13.2 Å². The number of rotatable bonds is 2. The Hall–Kier alpha value is -5.96. The Kier molecular flexibility index (Phi) is 12.1. The van der Waals surface area contributed by atoms with E-state index in [0.717, 1.165) is 37.3 Å². The van der Waals surface area contributed by atoms with Crippen LogP contribution in [0.25, 0.3) is 5.57 Å². The largest absolute Gasteiger partial charge is 0.490 e. The van der Waals surface area contributed by atoms with E-state index in [1.54, 1.807) is 5.19 Å². The molecule has 0 radical (unpaired) electrons. The Morgan fingerprint density at radius 1 is 0.703 bits per heavy atom. The minimum absolute atomic E-state index is 0. The molecule has 4 heterocycles. The van der Waals surface area contributed by atoms with Crippen LogP contribution in [0.2, 0.25) is 26.2 Å². The number of carboxylic acids is 1. The molecule has 4 aliphatic rings. The molecule has 1 unspecified atom stereocenters. The van der Waals surface area contributed by atoms with E-state index in [1.165, 1.54) is 87.5 Å². The number of hydrogen-bond donors (Lipinski definition) is 3. The maximum absolute atomic E-state index is 10.6. The molecule has 4 aliphatic heterocycles. The van der Waals surface area contributed by atoms with Crippen LogP contribution >= 0.6 is 0 Å². The van der Waals surface area contributed by atoms with Crippen LogP contribution in [0.3, 0.4) is 0 Å². The molecule has 10 rings (SSSR count). The minimum Gasteiger partial charge on any atom is -0.475 e. The number of aliphatic carboxylic acids is 1. The summed E-state index contributed by atoms with van der Waals surface area (Å²) >= 11 is 0. The van der Waals surface area contributed by atoms with Gasteiger partial charge in [-0.3, -0.25) is 0 Å². The highest BCUT2D eigenvalue weighted by atomic mass is 28.3. The number of halogens is 3. The number of anilines is 3. The summed E-state index contributed by atoms with van der Waals surface area (Å²) in [5, 5.41) is 16.0. The summed E-state index contributed by atoms with van der Waals surface area (Å²) in [7, 11) is 0.749. The highest BCUT2D eigenvalue weighted by Crippen LogP contribution is 2.40. The van der Waals surface area contributed by atoms with Crippen LogP contribution in [0.5, 0.6) is 0 Å². The Morgan fingerprint density at radius 2 is 1.30 bits per heavy atom. The first-order chi connectivity index (χ1) is 29.7. The predicted molar refractivity (Wildman–Crippen MR) is 262 cm³/mol.